The Morgan fingerprint density at radius 2 is 1.95 bits per heavy atom. The normalized spacial score (nSPS) is 18.8. The molecule has 2 heterocycles. The number of carbonyl (C=O) groups is 2. The molecule has 1 aliphatic heterocycles. The molecule has 214 valence electrons. The summed E-state index contributed by atoms with van der Waals surface area (Å²) in [5, 5.41) is 1.45. The van der Waals surface area contributed by atoms with E-state index < -0.39 is 0 Å². The van der Waals surface area contributed by atoms with Crippen molar-refractivity contribution >= 4 is 40.1 Å². The van der Waals surface area contributed by atoms with E-state index >= 15 is 0 Å². The SMILES string of the molecule is COc1ccc(N2CCCN(Cc3cccc4c3c(Cl)cn4CC(=O)N(C)C)C2=O)cc1OCCC[C@@H]1C[C@H]1C. The van der Waals surface area contributed by atoms with Gasteiger partial charge in [-0.1, -0.05) is 30.7 Å². The maximum absolute atomic E-state index is 13.7. The van der Waals surface area contributed by atoms with E-state index in [-0.39, 0.29) is 18.5 Å². The molecule has 0 bridgehead atoms. The number of benzene rings is 2. The minimum Gasteiger partial charge on any atom is -0.493 e. The third-order valence-electron chi connectivity index (χ3n) is 8.13. The number of nitrogens with zero attached hydrogens (tertiary/aromatic N) is 4. The van der Waals surface area contributed by atoms with Gasteiger partial charge in [-0.3, -0.25) is 9.69 Å². The third-order valence-corrected chi connectivity index (χ3v) is 8.42. The number of halogens is 1. The van der Waals surface area contributed by atoms with Crippen LogP contribution in [0.2, 0.25) is 5.02 Å². The van der Waals surface area contributed by atoms with Crippen molar-refractivity contribution in [2.75, 3.05) is 45.8 Å². The maximum Gasteiger partial charge on any atom is 0.324 e. The molecule has 1 aliphatic carbocycles. The zero-order valence-corrected chi connectivity index (χ0v) is 24.6. The van der Waals surface area contributed by atoms with Gasteiger partial charge in [-0.15, -0.1) is 0 Å². The summed E-state index contributed by atoms with van der Waals surface area (Å²) < 4.78 is 13.5. The number of hydrogen-bond donors (Lipinski definition) is 0. The van der Waals surface area contributed by atoms with Crippen LogP contribution in [0.5, 0.6) is 11.5 Å². The lowest BCUT2D eigenvalue weighted by Crippen LogP contribution is -2.49. The highest BCUT2D eigenvalue weighted by Crippen LogP contribution is 2.41. The molecule has 1 saturated heterocycles. The molecule has 0 radical (unpaired) electrons. The van der Waals surface area contributed by atoms with Crippen molar-refractivity contribution in [2.45, 2.75) is 45.7 Å². The smallest absolute Gasteiger partial charge is 0.324 e. The second-order valence-electron chi connectivity index (χ2n) is 11.2. The van der Waals surface area contributed by atoms with Crippen molar-refractivity contribution in [3.8, 4) is 11.5 Å². The average molecular weight is 567 g/mol. The van der Waals surface area contributed by atoms with Crippen LogP contribution in [-0.4, -0.2) is 67.2 Å². The van der Waals surface area contributed by atoms with Crippen molar-refractivity contribution in [1.82, 2.24) is 14.4 Å². The molecule has 3 amide bonds. The Morgan fingerprint density at radius 3 is 2.67 bits per heavy atom. The first-order valence-corrected chi connectivity index (χ1v) is 14.5. The summed E-state index contributed by atoms with van der Waals surface area (Å²) in [6.45, 7) is 4.86. The lowest BCUT2D eigenvalue weighted by molar-refractivity contribution is -0.129. The summed E-state index contributed by atoms with van der Waals surface area (Å²) in [4.78, 5) is 31.3. The Labute approximate surface area is 241 Å². The van der Waals surface area contributed by atoms with Crippen LogP contribution in [-0.2, 0) is 17.9 Å². The summed E-state index contributed by atoms with van der Waals surface area (Å²) in [7, 11) is 5.11. The zero-order valence-electron chi connectivity index (χ0n) is 23.9. The molecule has 5 rings (SSSR count). The quantitative estimate of drug-likeness (QED) is 0.265. The predicted octanol–water partition coefficient (Wildman–Crippen LogP) is 6.04. The molecule has 2 aliphatic rings. The maximum atomic E-state index is 13.7. The number of rotatable bonds is 11. The molecule has 1 aromatic heterocycles. The Kier molecular flexibility index (Phi) is 8.45. The molecular weight excluding hydrogens is 528 g/mol. The number of methoxy groups -OCH3 is 1. The first-order valence-electron chi connectivity index (χ1n) is 14.1. The average Bonchev–Trinajstić information content (AvgIpc) is 3.56. The van der Waals surface area contributed by atoms with E-state index in [0.29, 0.717) is 42.8 Å². The number of ether oxygens (including phenoxy) is 2. The van der Waals surface area contributed by atoms with Crippen LogP contribution in [0.1, 0.15) is 38.2 Å². The van der Waals surface area contributed by atoms with Gasteiger partial charge in [0.2, 0.25) is 5.91 Å². The Morgan fingerprint density at radius 1 is 1.15 bits per heavy atom. The summed E-state index contributed by atoms with van der Waals surface area (Å²) in [5.41, 5.74) is 2.63. The van der Waals surface area contributed by atoms with E-state index in [1.54, 1.807) is 32.3 Å². The third kappa shape index (κ3) is 6.02. The van der Waals surface area contributed by atoms with Crippen LogP contribution >= 0.6 is 11.6 Å². The van der Waals surface area contributed by atoms with Crippen molar-refractivity contribution in [1.29, 1.82) is 0 Å². The van der Waals surface area contributed by atoms with Crippen LogP contribution in [0.4, 0.5) is 10.5 Å². The molecule has 9 heteroatoms. The standard InChI is InChI=1S/C31H39ClN4O4/c1-21-16-22(21)9-6-15-40-28-17-24(11-12-27(28)39-4)36-14-7-13-34(31(36)38)18-23-8-5-10-26-30(23)25(32)19-35(26)20-29(37)33(2)3/h5,8,10-12,17,19,21-22H,6-7,9,13-16,18,20H2,1-4H3/t21-,22-/m1/s1. The molecular formula is C31H39ClN4O4. The number of amides is 3. The Hall–Kier alpha value is -3.39. The molecule has 40 heavy (non-hydrogen) atoms. The van der Waals surface area contributed by atoms with E-state index in [9.17, 15) is 9.59 Å². The predicted molar refractivity (Wildman–Crippen MR) is 158 cm³/mol. The number of likely N-dealkylation sites (N-methyl/N-ethyl adjacent to an activating group) is 1. The number of hydrogen-bond acceptors (Lipinski definition) is 4. The van der Waals surface area contributed by atoms with Gasteiger partial charge in [0.05, 0.1) is 24.3 Å². The van der Waals surface area contributed by atoms with E-state index in [1.807, 2.05) is 50.8 Å². The first-order chi connectivity index (χ1) is 19.3. The molecule has 2 fully saturated rings. The fourth-order valence-electron chi connectivity index (χ4n) is 5.57. The van der Waals surface area contributed by atoms with Crippen LogP contribution in [0.25, 0.3) is 10.9 Å². The first kappa shape index (κ1) is 28.1. The van der Waals surface area contributed by atoms with Crippen LogP contribution < -0.4 is 14.4 Å². The topological polar surface area (TPSA) is 67.2 Å². The zero-order chi connectivity index (χ0) is 28.4. The van der Waals surface area contributed by atoms with Gasteiger partial charge >= 0.3 is 6.03 Å². The fourth-order valence-corrected chi connectivity index (χ4v) is 5.91. The Balaban J connectivity index is 1.31. The second-order valence-corrected chi connectivity index (χ2v) is 11.6. The fraction of sp³-hybridized carbons (Fsp3) is 0.484. The molecule has 2 atom stereocenters. The number of urea groups is 1. The van der Waals surface area contributed by atoms with E-state index in [4.69, 9.17) is 21.1 Å². The van der Waals surface area contributed by atoms with E-state index in [2.05, 4.69) is 6.92 Å². The summed E-state index contributed by atoms with van der Waals surface area (Å²) >= 11 is 6.67. The van der Waals surface area contributed by atoms with Crippen molar-refractivity contribution in [3.05, 3.63) is 53.2 Å². The lowest BCUT2D eigenvalue weighted by Gasteiger charge is -2.36. The molecule has 2 aromatic carbocycles. The number of carbonyl (C=O) groups excluding carboxylic acids is 2. The van der Waals surface area contributed by atoms with Crippen molar-refractivity contribution in [3.63, 3.8) is 0 Å². The van der Waals surface area contributed by atoms with Gasteiger partial charge in [0.25, 0.3) is 0 Å². The minimum atomic E-state index is -0.0552. The van der Waals surface area contributed by atoms with Gasteiger partial charge in [-0.25, -0.2) is 4.79 Å². The van der Waals surface area contributed by atoms with E-state index in [0.717, 1.165) is 46.8 Å². The minimum absolute atomic E-state index is 0.0128. The molecule has 1 saturated carbocycles. The number of aromatic nitrogens is 1. The molecule has 8 nitrogen and oxygen atoms in total. The lowest BCUT2D eigenvalue weighted by atomic mass is 10.1. The Bertz CT molecular complexity index is 1390. The molecule has 0 unspecified atom stereocenters. The summed E-state index contributed by atoms with van der Waals surface area (Å²) in [6, 6.07) is 11.6. The van der Waals surface area contributed by atoms with Crippen molar-refractivity contribution in [2.24, 2.45) is 11.8 Å². The summed E-state index contributed by atoms with van der Waals surface area (Å²) in [5.74, 6) is 3.01. The van der Waals surface area contributed by atoms with E-state index in [1.165, 1.54) is 12.8 Å². The number of fused-ring (bicyclic) bond motifs is 1. The van der Waals surface area contributed by atoms with Gasteiger partial charge in [0, 0.05) is 57.1 Å². The molecule has 0 spiro atoms. The van der Waals surface area contributed by atoms with Gasteiger partial charge in [0.15, 0.2) is 11.5 Å². The van der Waals surface area contributed by atoms with Crippen LogP contribution in [0.3, 0.4) is 0 Å². The highest BCUT2D eigenvalue weighted by molar-refractivity contribution is 6.36. The van der Waals surface area contributed by atoms with Crippen molar-refractivity contribution < 1.29 is 19.1 Å². The largest absolute Gasteiger partial charge is 0.493 e. The monoisotopic (exact) mass is 566 g/mol. The van der Waals surface area contributed by atoms with Gasteiger partial charge in [0.1, 0.15) is 6.54 Å². The summed E-state index contributed by atoms with van der Waals surface area (Å²) in [6.07, 6.45) is 6.17. The van der Waals surface area contributed by atoms with Gasteiger partial charge in [-0.05, 0) is 61.3 Å². The second kappa shape index (κ2) is 12.0. The van der Waals surface area contributed by atoms with Gasteiger partial charge < -0.3 is 23.8 Å². The highest BCUT2D eigenvalue weighted by atomic mass is 35.5. The van der Waals surface area contributed by atoms with Gasteiger partial charge in [-0.2, -0.15) is 0 Å². The molecule has 0 N–H and O–H groups in total. The molecule has 3 aromatic rings. The highest BCUT2D eigenvalue weighted by Gasteiger charge is 2.31. The number of anilines is 1. The van der Waals surface area contributed by atoms with Crippen LogP contribution in [0, 0.1) is 11.8 Å². The van der Waals surface area contributed by atoms with Crippen LogP contribution in [0.15, 0.2) is 42.6 Å².